The van der Waals surface area contributed by atoms with Crippen molar-refractivity contribution in [1.82, 2.24) is 15.5 Å². The Labute approximate surface area is 143 Å². The molecule has 2 saturated heterocycles. The summed E-state index contributed by atoms with van der Waals surface area (Å²) in [5.74, 6) is 0.242. The molecule has 2 aliphatic rings. The molecule has 2 aliphatic heterocycles. The van der Waals surface area contributed by atoms with Crippen LogP contribution < -0.4 is 10.6 Å². The number of hydrogen-bond donors (Lipinski definition) is 2. The van der Waals surface area contributed by atoms with Crippen LogP contribution in [-0.4, -0.2) is 48.4 Å². The minimum atomic E-state index is -0.00645. The largest absolute Gasteiger partial charge is 0.349 e. The summed E-state index contributed by atoms with van der Waals surface area (Å²) >= 11 is 0. The standard InChI is InChI=1S/C19H27N3O2/c1-14-5-2-3-7-17(14)19(24)21-15-8-11-22(12-9-15)18(23)13-16-6-4-10-20-16/h2-3,5,7,15-16,20H,4,6,8-13H2,1H3,(H,21,24). The van der Waals surface area contributed by atoms with Gasteiger partial charge in [-0.3, -0.25) is 9.59 Å². The van der Waals surface area contributed by atoms with Gasteiger partial charge in [0.25, 0.3) is 5.91 Å². The average Bonchev–Trinajstić information content (AvgIpc) is 3.08. The summed E-state index contributed by atoms with van der Waals surface area (Å²) in [7, 11) is 0. The van der Waals surface area contributed by atoms with Gasteiger partial charge in [0.1, 0.15) is 0 Å². The Bertz CT molecular complexity index is 588. The van der Waals surface area contributed by atoms with Gasteiger partial charge in [-0.1, -0.05) is 18.2 Å². The summed E-state index contributed by atoms with van der Waals surface area (Å²) in [6.45, 7) is 4.47. The summed E-state index contributed by atoms with van der Waals surface area (Å²) in [4.78, 5) is 26.7. The Morgan fingerprint density at radius 1 is 1.21 bits per heavy atom. The van der Waals surface area contributed by atoms with Crippen molar-refractivity contribution in [2.24, 2.45) is 0 Å². The van der Waals surface area contributed by atoms with Crippen LogP contribution in [0, 0.1) is 6.92 Å². The molecule has 1 atom stereocenters. The topological polar surface area (TPSA) is 61.4 Å². The quantitative estimate of drug-likeness (QED) is 0.886. The van der Waals surface area contributed by atoms with E-state index in [1.54, 1.807) is 0 Å². The van der Waals surface area contributed by atoms with Crippen LogP contribution in [-0.2, 0) is 4.79 Å². The predicted molar refractivity (Wildman–Crippen MR) is 93.9 cm³/mol. The highest BCUT2D eigenvalue weighted by molar-refractivity contribution is 5.95. The third kappa shape index (κ3) is 4.15. The Kier molecular flexibility index (Phi) is 5.51. The van der Waals surface area contributed by atoms with Gasteiger partial charge >= 0.3 is 0 Å². The molecule has 130 valence electrons. The molecule has 3 rings (SSSR count). The molecule has 0 aromatic heterocycles. The summed E-state index contributed by atoms with van der Waals surface area (Å²) in [5, 5.41) is 6.50. The molecule has 2 N–H and O–H groups in total. The predicted octanol–water partition coefficient (Wildman–Crippen LogP) is 1.86. The van der Waals surface area contributed by atoms with E-state index in [1.807, 2.05) is 36.1 Å². The smallest absolute Gasteiger partial charge is 0.251 e. The molecule has 0 aliphatic carbocycles. The van der Waals surface area contributed by atoms with Gasteiger partial charge < -0.3 is 15.5 Å². The summed E-state index contributed by atoms with van der Waals surface area (Å²) < 4.78 is 0. The van der Waals surface area contributed by atoms with E-state index in [-0.39, 0.29) is 17.9 Å². The number of benzene rings is 1. The number of amides is 2. The summed E-state index contributed by atoms with van der Waals surface area (Å²) in [6, 6.07) is 8.16. The van der Waals surface area contributed by atoms with Crippen molar-refractivity contribution in [3.05, 3.63) is 35.4 Å². The lowest BCUT2D eigenvalue weighted by Gasteiger charge is -2.33. The second-order valence-corrected chi connectivity index (χ2v) is 6.94. The fourth-order valence-electron chi connectivity index (χ4n) is 3.63. The Morgan fingerprint density at radius 3 is 2.62 bits per heavy atom. The zero-order valence-corrected chi connectivity index (χ0v) is 14.4. The first-order chi connectivity index (χ1) is 11.6. The third-order valence-corrected chi connectivity index (χ3v) is 5.16. The number of piperidine rings is 1. The van der Waals surface area contributed by atoms with E-state index in [1.165, 1.54) is 6.42 Å². The molecule has 1 aromatic carbocycles. The second kappa shape index (κ2) is 7.79. The van der Waals surface area contributed by atoms with Gasteiger partial charge in [0.2, 0.25) is 5.91 Å². The Morgan fingerprint density at radius 2 is 1.96 bits per heavy atom. The molecular weight excluding hydrogens is 302 g/mol. The van der Waals surface area contributed by atoms with Crippen molar-refractivity contribution in [3.8, 4) is 0 Å². The fourth-order valence-corrected chi connectivity index (χ4v) is 3.63. The van der Waals surface area contributed by atoms with Crippen LogP contribution in [0.5, 0.6) is 0 Å². The second-order valence-electron chi connectivity index (χ2n) is 6.94. The average molecular weight is 329 g/mol. The number of rotatable bonds is 4. The zero-order valence-electron chi connectivity index (χ0n) is 14.4. The van der Waals surface area contributed by atoms with Crippen molar-refractivity contribution < 1.29 is 9.59 Å². The van der Waals surface area contributed by atoms with Crippen LogP contribution in [0.4, 0.5) is 0 Å². The number of aryl methyl sites for hydroxylation is 1. The molecular formula is C19H27N3O2. The fraction of sp³-hybridized carbons (Fsp3) is 0.579. The van der Waals surface area contributed by atoms with Crippen LogP contribution in [0.2, 0.25) is 0 Å². The SMILES string of the molecule is Cc1ccccc1C(=O)NC1CCN(C(=O)CC2CCCN2)CC1. The van der Waals surface area contributed by atoms with E-state index in [0.29, 0.717) is 12.5 Å². The van der Waals surface area contributed by atoms with Crippen molar-refractivity contribution in [2.45, 2.75) is 51.1 Å². The van der Waals surface area contributed by atoms with Gasteiger partial charge in [0.05, 0.1) is 0 Å². The normalized spacial score (nSPS) is 21.7. The van der Waals surface area contributed by atoms with Gasteiger partial charge in [-0.05, 0) is 50.8 Å². The van der Waals surface area contributed by atoms with E-state index >= 15 is 0 Å². The highest BCUT2D eigenvalue weighted by Gasteiger charge is 2.26. The molecule has 0 spiro atoms. The van der Waals surface area contributed by atoms with Crippen molar-refractivity contribution >= 4 is 11.8 Å². The Balaban J connectivity index is 1.45. The minimum absolute atomic E-state index is 0.00645. The molecule has 5 nitrogen and oxygen atoms in total. The molecule has 1 aromatic rings. The molecule has 5 heteroatoms. The van der Waals surface area contributed by atoms with Crippen LogP contribution in [0.15, 0.2) is 24.3 Å². The van der Waals surface area contributed by atoms with E-state index in [4.69, 9.17) is 0 Å². The Hall–Kier alpha value is -1.88. The molecule has 0 bridgehead atoms. The van der Waals surface area contributed by atoms with E-state index in [2.05, 4.69) is 10.6 Å². The highest BCUT2D eigenvalue weighted by atomic mass is 16.2. The molecule has 2 heterocycles. The first-order valence-corrected chi connectivity index (χ1v) is 9.01. The summed E-state index contributed by atoms with van der Waals surface area (Å²) in [5.41, 5.74) is 1.73. The van der Waals surface area contributed by atoms with Gasteiger partial charge in [0, 0.05) is 37.2 Å². The van der Waals surface area contributed by atoms with Gasteiger partial charge in [-0.2, -0.15) is 0 Å². The van der Waals surface area contributed by atoms with E-state index in [9.17, 15) is 9.59 Å². The van der Waals surface area contributed by atoms with Crippen molar-refractivity contribution in [3.63, 3.8) is 0 Å². The summed E-state index contributed by atoms with van der Waals surface area (Å²) in [6.07, 6.45) is 4.56. The first-order valence-electron chi connectivity index (χ1n) is 9.01. The maximum atomic E-state index is 12.4. The molecule has 24 heavy (non-hydrogen) atoms. The number of likely N-dealkylation sites (tertiary alicyclic amines) is 1. The van der Waals surface area contributed by atoms with Crippen LogP contribution >= 0.6 is 0 Å². The van der Waals surface area contributed by atoms with Gasteiger partial charge in [-0.25, -0.2) is 0 Å². The third-order valence-electron chi connectivity index (χ3n) is 5.16. The molecule has 2 fully saturated rings. The minimum Gasteiger partial charge on any atom is -0.349 e. The lowest BCUT2D eigenvalue weighted by molar-refractivity contribution is -0.132. The lowest BCUT2D eigenvalue weighted by Crippen LogP contribution is -2.47. The van der Waals surface area contributed by atoms with Crippen LogP contribution in [0.3, 0.4) is 0 Å². The number of nitrogens with one attached hydrogen (secondary N) is 2. The molecule has 0 saturated carbocycles. The molecule has 2 amide bonds. The number of hydrogen-bond acceptors (Lipinski definition) is 3. The zero-order chi connectivity index (χ0) is 16.9. The van der Waals surface area contributed by atoms with Crippen molar-refractivity contribution in [2.75, 3.05) is 19.6 Å². The van der Waals surface area contributed by atoms with Crippen LogP contribution in [0.1, 0.15) is 48.0 Å². The maximum Gasteiger partial charge on any atom is 0.251 e. The van der Waals surface area contributed by atoms with Crippen LogP contribution in [0.25, 0.3) is 0 Å². The van der Waals surface area contributed by atoms with Gasteiger partial charge in [0.15, 0.2) is 0 Å². The number of nitrogens with zero attached hydrogens (tertiary/aromatic N) is 1. The van der Waals surface area contributed by atoms with E-state index in [0.717, 1.165) is 50.0 Å². The maximum absolute atomic E-state index is 12.4. The molecule has 0 radical (unpaired) electrons. The highest BCUT2D eigenvalue weighted by Crippen LogP contribution is 2.16. The van der Waals surface area contributed by atoms with E-state index < -0.39 is 0 Å². The number of carbonyl (C=O) groups excluding carboxylic acids is 2. The number of carbonyl (C=O) groups is 2. The lowest BCUT2D eigenvalue weighted by atomic mass is 10.0. The molecule has 1 unspecified atom stereocenters. The van der Waals surface area contributed by atoms with Gasteiger partial charge in [-0.15, -0.1) is 0 Å². The first kappa shape index (κ1) is 17.0. The van der Waals surface area contributed by atoms with Crippen molar-refractivity contribution in [1.29, 1.82) is 0 Å². The monoisotopic (exact) mass is 329 g/mol.